The van der Waals surface area contributed by atoms with Gasteiger partial charge in [0.05, 0.1) is 10.6 Å². The zero-order valence-corrected chi connectivity index (χ0v) is 10.6. The van der Waals surface area contributed by atoms with Crippen molar-refractivity contribution >= 4 is 15.7 Å². The average Bonchev–Trinajstić information content (AvgIpc) is 3.07. The van der Waals surface area contributed by atoms with Crippen LogP contribution in [0.2, 0.25) is 0 Å². The van der Waals surface area contributed by atoms with E-state index in [1.54, 1.807) is 0 Å². The van der Waals surface area contributed by atoms with Crippen LogP contribution in [0.15, 0.2) is 23.1 Å². The van der Waals surface area contributed by atoms with Crippen molar-refractivity contribution in [1.82, 2.24) is 0 Å². The quantitative estimate of drug-likeness (QED) is 0.732. The summed E-state index contributed by atoms with van der Waals surface area (Å²) in [6, 6.07) is 3.57. The molecule has 0 unspecified atom stereocenters. The molecule has 2 rings (SSSR count). The van der Waals surface area contributed by atoms with E-state index < -0.39 is 15.8 Å². The molecule has 1 saturated carbocycles. The van der Waals surface area contributed by atoms with Gasteiger partial charge in [0.25, 0.3) is 0 Å². The average molecular weight is 273 g/mol. The minimum atomic E-state index is -3.87. The van der Waals surface area contributed by atoms with Gasteiger partial charge in [-0.05, 0) is 43.0 Å². The highest BCUT2D eigenvalue weighted by molar-refractivity contribution is 7.89. The maximum absolute atomic E-state index is 13.7. The van der Waals surface area contributed by atoms with Gasteiger partial charge in [-0.3, -0.25) is 0 Å². The summed E-state index contributed by atoms with van der Waals surface area (Å²) < 4.78 is 35.8. The molecule has 5 nitrogen and oxygen atoms in total. The number of sulfonamides is 1. The van der Waals surface area contributed by atoms with Crippen molar-refractivity contribution in [2.75, 3.05) is 18.4 Å². The molecule has 0 aliphatic heterocycles. The summed E-state index contributed by atoms with van der Waals surface area (Å²) in [5.41, 5.74) is 5.96. The van der Waals surface area contributed by atoms with Crippen LogP contribution in [0, 0.1) is 11.2 Å². The molecule has 0 aromatic heterocycles. The van der Waals surface area contributed by atoms with E-state index in [0.29, 0.717) is 13.1 Å². The Hall–Kier alpha value is -1.18. The first kappa shape index (κ1) is 13.3. The lowest BCUT2D eigenvalue weighted by atomic mass is 10.1. The second-order valence-corrected chi connectivity index (χ2v) is 6.31. The van der Waals surface area contributed by atoms with Crippen LogP contribution in [-0.2, 0) is 10.0 Å². The van der Waals surface area contributed by atoms with E-state index >= 15 is 0 Å². The van der Waals surface area contributed by atoms with E-state index in [4.69, 9.17) is 10.9 Å². The van der Waals surface area contributed by atoms with Crippen molar-refractivity contribution in [2.45, 2.75) is 17.7 Å². The molecule has 18 heavy (non-hydrogen) atoms. The Kier molecular flexibility index (Phi) is 3.31. The van der Waals surface area contributed by atoms with Gasteiger partial charge in [0.1, 0.15) is 5.82 Å². The lowest BCUT2D eigenvalue weighted by molar-refractivity contribution is 0.551. The Labute approximate surface area is 105 Å². The number of rotatable bonds is 5. The summed E-state index contributed by atoms with van der Waals surface area (Å²) in [5.74, 6) is -0.630. The molecule has 100 valence electrons. The fourth-order valence-corrected chi connectivity index (χ4v) is 2.25. The summed E-state index contributed by atoms with van der Waals surface area (Å²) in [4.78, 5) is -0.231. The highest BCUT2D eigenvalue weighted by Gasteiger charge is 2.40. The molecule has 1 aliphatic rings. The number of primary sulfonamides is 1. The van der Waals surface area contributed by atoms with Crippen LogP contribution >= 0.6 is 0 Å². The van der Waals surface area contributed by atoms with Crippen LogP contribution in [0.1, 0.15) is 12.8 Å². The molecule has 0 amide bonds. The van der Waals surface area contributed by atoms with Crippen molar-refractivity contribution in [3.8, 4) is 0 Å². The lowest BCUT2D eigenvalue weighted by Crippen LogP contribution is -2.24. The van der Waals surface area contributed by atoms with Crippen LogP contribution < -0.4 is 16.2 Å². The Balaban J connectivity index is 2.11. The van der Waals surface area contributed by atoms with Crippen molar-refractivity contribution in [3.63, 3.8) is 0 Å². The van der Waals surface area contributed by atoms with Crippen LogP contribution in [0.3, 0.4) is 0 Å². The molecule has 0 spiro atoms. The molecular formula is C11H16FN3O2S. The molecule has 0 heterocycles. The summed E-state index contributed by atoms with van der Waals surface area (Å²) in [5, 5.41) is 7.87. The van der Waals surface area contributed by atoms with Gasteiger partial charge >= 0.3 is 0 Å². The Bertz CT molecular complexity index is 555. The van der Waals surface area contributed by atoms with Gasteiger partial charge in [-0.15, -0.1) is 0 Å². The molecule has 1 aromatic carbocycles. The standard InChI is InChI=1S/C11H16FN3O2S/c12-9-5-8(18(14,16)17)1-2-10(9)15-7-11(6-13)3-4-11/h1-2,5,15H,3-4,6-7,13H2,(H2,14,16,17). The monoisotopic (exact) mass is 273 g/mol. The SMILES string of the molecule is NCC1(CNc2ccc(S(N)(=O)=O)cc2F)CC1. The summed E-state index contributed by atoms with van der Waals surface area (Å²) in [6.07, 6.45) is 2.07. The number of anilines is 1. The first-order valence-corrected chi connectivity index (χ1v) is 7.17. The Morgan fingerprint density at radius 2 is 2.06 bits per heavy atom. The second kappa shape index (κ2) is 4.49. The van der Waals surface area contributed by atoms with Crippen LogP contribution in [0.5, 0.6) is 0 Å². The Morgan fingerprint density at radius 3 is 2.50 bits per heavy atom. The van der Waals surface area contributed by atoms with Crippen LogP contribution in [0.25, 0.3) is 0 Å². The number of hydrogen-bond donors (Lipinski definition) is 3. The van der Waals surface area contributed by atoms with Gasteiger partial charge in [0.15, 0.2) is 0 Å². The predicted octanol–water partition coefficient (Wildman–Crippen LogP) is 0.624. The van der Waals surface area contributed by atoms with Gasteiger partial charge in [0, 0.05) is 6.54 Å². The summed E-state index contributed by atoms with van der Waals surface area (Å²) in [7, 11) is -3.87. The third-order valence-corrected chi connectivity index (χ3v) is 4.22. The van der Waals surface area contributed by atoms with Gasteiger partial charge < -0.3 is 11.1 Å². The third kappa shape index (κ3) is 2.80. The molecule has 0 atom stereocenters. The van der Waals surface area contributed by atoms with E-state index in [-0.39, 0.29) is 16.0 Å². The number of hydrogen-bond acceptors (Lipinski definition) is 4. The molecule has 0 radical (unpaired) electrons. The normalized spacial score (nSPS) is 17.5. The number of benzene rings is 1. The summed E-state index contributed by atoms with van der Waals surface area (Å²) >= 11 is 0. The fourth-order valence-electron chi connectivity index (χ4n) is 1.73. The highest BCUT2D eigenvalue weighted by atomic mass is 32.2. The molecular weight excluding hydrogens is 257 g/mol. The van der Waals surface area contributed by atoms with Gasteiger partial charge in [0.2, 0.25) is 10.0 Å². The zero-order chi connectivity index (χ0) is 13.4. The first-order chi connectivity index (χ1) is 8.36. The van der Waals surface area contributed by atoms with Gasteiger partial charge in [-0.1, -0.05) is 0 Å². The largest absolute Gasteiger partial charge is 0.382 e. The van der Waals surface area contributed by atoms with Crippen molar-refractivity contribution < 1.29 is 12.8 Å². The lowest BCUT2D eigenvalue weighted by Gasteiger charge is -2.15. The highest BCUT2D eigenvalue weighted by Crippen LogP contribution is 2.44. The number of halogens is 1. The van der Waals surface area contributed by atoms with E-state index in [1.807, 2.05) is 0 Å². The van der Waals surface area contributed by atoms with E-state index in [0.717, 1.165) is 18.9 Å². The fraction of sp³-hybridized carbons (Fsp3) is 0.455. The minimum Gasteiger partial charge on any atom is -0.382 e. The van der Waals surface area contributed by atoms with Crippen molar-refractivity contribution in [1.29, 1.82) is 0 Å². The smallest absolute Gasteiger partial charge is 0.238 e. The topological polar surface area (TPSA) is 98.2 Å². The molecule has 5 N–H and O–H groups in total. The second-order valence-electron chi connectivity index (χ2n) is 4.74. The van der Waals surface area contributed by atoms with Gasteiger partial charge in [-0.25, -0.2) is 17.9 Å². The molecule has 0 bridgehead atoms. The number of nitrogens with one attached hydrogen (secondary N) is 1. The number of nitrogens with two attached hydrogens (primary N) is 2. The van der Waals surface area contributed by atoms with Crippen molar-refractivity contribution in [3.05, 3.63) is 24.0 Å². The molecule has 0 saturated heterocycles. The van der Waals surface area contributed by atoms with E-state index in [9.17, 15) is 12.8 Å². The first-order valence-electron chi connectivity index (χ1n) is 5.63. The molecule has 1 aliphatic carbocycles. The van der Waals surface area contributed by atoms with Crippen molar-refractivity contribution in [2.24, 2.45) is 16.3 Å². The maximum atomic E-state index is 13.7. The third-order valence-electron chi connectivity index (χ3n) is 3.31. The maximum Gasteiger partial charge on any atom is 0.238 e. The van der Waals surface area contributed by atoms with E-state index in [2.05, 4.69) is 5.32 Å². The molecule has 1 fully saturated rings. The predicted molar refractivity (Wildman–Crippen MR) is 67.0 cm³/mol. The minimum absolute atomic E-state index is 0.0745. The Morgan fingerprint density at radius 1 is 1.39 bits per heavy atom. The zero-order valence-electron chi connectivity index (χ0n) is 9.82. The summed E-state index contributed by atoms with van der Waals surface area (Å²) in [6.45, 7) is 1.16. The molecule has 1 aromatic rings. The van der Waals surface area contributed by atoms with Crippen LogP contribution in [-0.4, -0.2) is 21.5 Å². The van der Waals surface area contributed by atoms with E-state index in [1.165, 1.54) is 12.1 Å². The molecule has 7 heteroatoms. The van der Waals surface area contributed by atoms with Crippen LogP contribution in [0.4, 0.5) is 10.1 Å². The van der Waals surface area contributed by atoms with Gasteiger partial charge in [-0.2, -0.15) is 0 Å².